The maximum atomic E-state index is 10.8. The molecular weight excluding hydrogens is 276 g/mol. The number of carboxylic acid groups (broad SMARTS) is 1. The van der Waals surface area contributed by atoms with Gasteiger partial charge in [0.1, 0.15) is 5.75 Å². The van der Waals surface area contributed by atoms with Gasteiger partial charge in [0.2, 0.25) is 0 Å². The lowest BCUT2D eigenvalue weighted by Gasteiger charge is -2.08. The van der Waals surface area contributed by atoms with Crippen LogP contribution < -0.4 is 4.74 Å². The minimum Gasteiger partial charge on any atom is -0.493 e. The average molecular weight is 298 g/mol. The zero-order valence-electron chi connectivity index (χ0n) is 13.1. The predicted octanol–water partition coefficient (Wildman–Crippen LogP) is 4.20. The largest absolute Gasteiger partial charge is 0.493 e. The maximum absolute atomic E-state index is 10.8. The Morgan fingerprint density at radius 3 is 2.14 bits per heavy atom. The molecule has 0 amide bonds. The molecule has 22 heavy (non-hydrogen) atoms. The van der Waals surface area contributed by atoms with Gasteiger partial charge in [0.05, 0.1) is 12.2 Å². The van der Waals surface area contributed by atoms with Crippen LogP contribution in [0.25, 0.3) is 0 Å². The molecule has 2 aromatic carbocycles. The van der Waals surface area contributed by atoms with Crippen molar-refractivity contribution >= 4 is 5.97 Å². The number of rotatable bonds is 7. The van der Waals surface area contributed by atoms with E-state index in [1.54, 1.807) is 24.3 Å². The van der Waals surface area contributed by atoms with Crippen molar-refractivity contribution in [2.24, 2.45) is 5.92 Å². The molecular formula is C19H22O3. The normalized spacial score (nSPS) is 10.7. The first kappa shape index (κ1) is 16.1. The Kier molecular flexibility index (Phi) is 5.59. The standard InChI is InChI=1S/C19H22O3/c1-14(2)13-16-5-3-15(4-6-16)11-12-22-18-9-7-17(8-10-18)19(20)21/h3-10,14H,11-13H2,1-2H3,(H,20,21). The van der Waals surface area contributed by atoms with E-state index in [1.165, 1.54) is 11.1 Å². The highest BCUT2D eigenvalue weighted by molar-refractivity contribution is 5.87. The summed E-state index contributed by atoms with van der Waals surface area (Å²) in [6.07, 6.45) is 1.94. The molecule has 0 aliphatic rings. The summed E-state index contributed by atoms with van der Waals surface area (Å²) in [6.45, 7) is 5.02. The van der Waals surface area contributed by atoms with Crippen molar-refractivity contribution < 1.29 is 14.6 Å². The Morgan fingerprint density at radius 2 is 1.59 bits per heavy atom. The summed E-state index contributed by atoms with van der Waals surface area (Å²) in [5, 5.41) is 8.84. The van der Waals surface area contributed by atoms with Crippen LogP contribution >= 0.6 is 0 Å². The molecule has 116 valence electrons. The minimum atomic E-state index is -0.923. The fraction of sp³-hybridized carbons (Fsp3) is 0.316. The van der Waals surface area contributed by atoms with E-state index in [4.69, 9.17) is 9.84 Å². The molecule has 0 fully saturated rings. The van der Waals surface area contributed by atoms with Crippen LogP contribution in [0.5, 0.6) is 5.75 Å². The Balaban J connectivity index is 1.81. The molecule has 2 rings (SSSR count). The molecule has 0 bridgehead atoms. The highest BCUT2D eigenvalue weighted by Crippen LogP contribution is 2.14. The van der Waals surface area contributed by atoms with E-state index in [9.17, 15) is 4.79 Å². The molecule has 0 saturated carbocycles. The lowest BCUT2D eigenvalue weighted by molar-refractivity contribution is 0.0697. The molecule has 0 aliphatic heterocycles. The first-order valence-electron chi connectivity index (χ1n) is 7.58. The van der Waals surface area contributed by atoms with Gasteiger partial charge >= 0.3 is 5.97 Å². The molecule has 3 nitrogen and oxygen atoms in total. The SMILES string of the molecule is CC(C)Cc1ccc(CCOc2ccc(C(=O)O)cc2)cc1. The van der Waals surface area contributed by atoms with Crippen molar-refractivity contribution in [1.29, 1.82) is 0 Å². The monoisotopic (exact) mass is 298 g/mol. The van der Waals surface area contributed by atoms with E-state index in [-0.39, 0.29) is 5.56 Å². The summed E-state index contributed by atoms with van der Waals surface area (Å²) in [5.74, 6) is 0.442. The average Bonchev–Trinajstić information content (AvgIpc) is 2.49. The van der Waals surface area contributed by atoms with Crippen LogP contribution in [0.2, 0.25) is 0 Å². The molecule has 0 heterocycles. The third kappa shape index (κ3) is 4.92. The number of benzene rings is 2. The minimum absolute atomic E-state index is 0.271. The second-order valence-electron chi connectivity index (χ2n) is 5.84. The molecule has 2 aromatic rings. The van der Waals surface area contributed by atoms with E-state index in [1.807, 2.05) is 0 Å². The maximum Gasteiger partial charge on any atom is 0.335 e. The van der Waals surface area contributed by atoms with E-state index < -0.39 is 5.97 Å². The molecule has 3 heteroatoms. The van der Waals surface area contributed by atoms with Crippen LogP contribution in [-0.4, -0.2) is 17.7 Å². The summed E-state index contributed by atoms with van der Waals surface area (Å²) >= 11 is 0. The first-order chi connectivity index (χ1) is 10.5. The Morgan fingerprint density at radius 1 is 1.00 bits per heavy atom. The van der Waals surface area contributed by atoms with Crippen molar-refractivity contribution in [3.63, 3.8) is 0 Å². The van der Waals surface area contributed by atoms with Crippen LogP contribution in [0.1, 0.15) is 35.3 Å². The fourth-order valence-corrected chi connectivity index (χ4v) is 2.29. The highest BCUT2D eigenvalue weighted by Gasteiger charge is 2.02. The van der Waals surface area contributed by atoms with Crippen molar-refractivity contribution in [3.8, 4) is 5.75 Å². The Bertz CT molecular complexity index is 598. The van der Waals surface area contributed by atoms with E-state index in [0.717, 1.165) is 12.8 Å². The lowest BCUT2D eigenvalue weighted by atomic mass is 10.0. The molecule has 0 radical (unpaired) electrons. The van der Waals surface area contributed by atoms with Gasteiger partial charge in [0, 0.05) is 6.42 Å². The number of carbonyl (C=O) groups is 1. The van der Waals surface area contributed by atoms with Gasteiger partial charge in [-0.1, -0.05) is 38.1 Å². The Labute approximate surface area is 131 Å². The van der Waals surface area contributed by atoms with Gasteiger partial charge in [-0.15, -0.1) is 0 Å². The molecule has 0 saturated heterocycles. The van der Waals surface area contributed by atoms with Crippen molar-refractivity contribution in [1.82, 2.24) is 0 Å². The van der Waals surface area contributed by atoms with Crippen LogP contribution in [0.15, 0.2) is 48.5 Å². The predicted molar refractivity (Wildman–Crippen MR) is 87.6 cm³/mol. The number of hydrogen-bond acceptors (Lipinski definition) is 2. The lowest BCUT2D eigenvalue weighted by Crippen LogP contribution is -2.02. The Hall–Kier alpha value is -2.29. The molecule has 0 aliphatic carbocycles. The van der Waals surface area contributed by atoms with Crippen molar-refractivity contribution in [3.05, 3.63) is 65.2 Å². The summed E-state index contributed by atoms with van der Waals surface area (Å²) in [4.78, 5) is 10.8. The molecule has 0 aromatic heterocycles. The topological polar surface area (TPSA) is 46.5 Å². The van der Waals surface area contributed by atoms with Crippen LogP contribution in [0.3, 0.4) is 0 Å². The third-order valence-electron chi connectivity index (χ3n) is 3.43. The molecule has 0 unspecified atom stereocenters. The van der Waals surface area contributed by atoms with Crippen LogP contribution in [0.4, 0.5) is 0 Å². The van der Waals surface area contributed by atoms with Gasteiger partial charge in [-0.3, -0.25) is 0 Å². The summed E-state index contributed by atoms with van der Waals surface area (Å²) in [7, 11) is 0. The van der Waals surface area contributed by atoms with Gasteiger partial charge in [-0.25, -0.2) is 4.79 Å². The fourth-order valence-electron chi connectivity index (χ4n) is 2.29. The van der Waals surface area contributed by atoms with Gasteiger partial charge in [0.15, 0.2) is 0 Å². The van der Waals surface area contributed by atoms with Crippen molar-refractivity contribution in [2.45, 2.75) is 26.7 Å². The zero-order chi connectivity index (χ0) is 15.9. The summed E-state index contributed by atoms with van der Waals surface area (Å²) < 4.78 is 5.65. The van der Waals surface area contributed by atoms with Gasteiger partial charge in [0.25, 0.3) is 0 Å². The van der Waals surface area contributed by atoms with E-state index in [2.05, 4.69) is 38.1 Å². The summed E-state index contributed by atoms with van der Waals surface area (Å²) in [5.41, 5.74) is 2.88. The van der Waals surface area contributed by atoms with E-state index in [0.29, 0.717) is 18.3 Å². The second kappa shape index (κ2) is 7.64. The first-order valence-corrected chi connectivity index (χ1v) is 7.58. The smallest absolute Gasteiger partial charge is 0.335 e. The van der Waals surface area contributed by atoms with Gasteiger partial charge in [-0.2, -0.15) is 0 Å². The number of aromatic carboxylic acids is 1. The second-order valence-corrected chi connectivity index (χ2v) is 5.84. The van der Waals surface area contributed by atoms with Crippen LogP contribution in [0, 0.1) is 5.92 Å². The highest BCUT2D eigenvalue weighted by atomic mass is 16.5. The molecule has 1 N–H and O–H groups in total. The number of ether oxygens (including phenoxy) is 1. The number of hydrogen-bond donors (Lipinski definition) is 1. The van der Waals surface area contributed by atoms with Gasteiger partial charge < -0.3 is 9.84 Å². The van der Waals surface area contributed by atoms with E-state index >= 15 is 0 Å². The third-order valence-corrected chi connectivity index (χ3v) is 3.43. The van der Waals surface area contributed by atoms with Crippen LogP contribution in [-0.2, 0) is 12.8 Å². The zero-order valence-corrected chi connectivity index (χ0v) is 13.1. The summed E-state index contributed by atoms with van der Waals surface area (Å²) in [6, 6.07) is 15.1. The molecule has 0 atom stereocenters. The molecule has 0 spiro atoms. The number of carboxylic acids is 1. The quantitative estimate of drug-likeness (QED) is 0.833. The van der Waals surface area contributed by atoms with Gasteiger partial charge in [-0.05, 0) is 47.7 Å². The van der Waals surface area contributed by atoms with Crippen molar-refractivity contribution in [2.75, 3.05) is 6.61 Å².